The van der Waals surface area contributed by atoms with Crippen LogP contribution < -0.4 is 4.74 Å². The smallest absolute Gasteiger partial charge is 0.137 e. The van der Waals surface area contributed by atoms with E-state index in [1.54, 1.807) is 0 Å². The van der Waals surface area contributed by atoms with Crippen LogP contribution in [0.5, 0.6) is 11.5 Å². The molecule has 0 aliphatic rings. The Morgan fingerprint density at radius 3 is 2.25 bits per heavy atom. The number of nitrogens with zero attached hydrogens (tertiary/aromatic N) is 4. The third kappa shape index (κ3) is 7.95. The summed E-state index contributed by atoms with van der Waals surface area (Å²) < 4.78 is 11.0. The Balaban J connectivity index is 1.27. The number of hydrogen-bond acceptors (Lipinski definition) is 3. The molecule has 0 saturated carbocycles. The predicted octanol–water partition coefficient (Wildman–Crippen LogP) is 13.3. The van der Waals surface area contributed by atoms with E-state index in [0.29, 0.717) is 11.3 Å². The number of ether oxygens (including phenoxy) is 1. The number of fused-ring (bicyclic) bond motifs is 3. The van der Waals surface area contributed by atoms with Gasteiger partial charge in [0, 0.05) is 40.4 Å². The van der Waals surface area contributed by atoms with Gasteiger partial charge in [0.25, 0.3) is 0 Å². The lowest BCUT2D eigenvalue weighted by atomic mass is 9.86. The molecule has 0 amide bonds. The third-order valence-electron chi connectivity index (χ3n) is 10.3. The van der Waals surface area contributed by atoms with Crippen LogP contribution in [0.4, 0.5) is 0 Å². The highest BCUT2D eigenvalue weighted by molar-refractivity contribution is 6.09. The van der Waals surface area contributed by atoms with Crippen molar-refractivity contribution >= 4 is 21.8 Å². The van der Waals surface area contributed by atoms with E-state index in [1.165, 1.54) is 46.7 Å². The monoisotopic (exact) mass is 702 g/mol. The van der Waals surface area contributed by atoms with Crippen molar-refractivity contribution in [1.29, 1.82) is 0 Å². The molecule has 3 heterocycles. The third-order valence-corrected chi connectivity index (χ3v) is 10.3. The largest absolute Gasteiger partial charge is 0.457 e. The van der Waals surface area contributed by atoms with Crippen LogP contribution in [0, 0.1) is 24.7 Å². The first-order chi connectivity index (χ1) is 25.2. The molecule has 0 bridgehead atoms. The van der Waals surface area contributed by atoms with Gasteiger partial charge in [0.05, 0.1) is 22.4 Å². The molecule has 5 nitrogen and oxygen atoms in total. The van der Waals surface area contributed by atoms with Crippen LogP contribution in [0.3, 0.4) is 0 Å². The van der Waals surface area contributed by atoms with Crippen molar-refractivity contribution in [1.82, 2.24) is 19.3 Å². The summed E-state index contributed by atoms with van der Waals surface area (Å²) in [6, 6.07) is 36.6. The van der Waals surface area contributed by atoms with Crippen LogP contribution in [0.25, 0.3) is 44.4 Å². The zero-order chi connectivity index (χ0) is 37.5. The highest BCUT2D eigenvalue weighted by Gasteiger charge is 2.20. The van der Waals surface area contributed by atoms with Crippen LogP contribution in [0.2, 0.25) is 0 Å². The fraction of sp³-hybridized carbons (Fsp3) is 0.333. The maximum absolute atomic E-state index is 6.65. The van der Waals surface area contributed by atoms with Crippen LogP contribution in [-0.2, 0) is 6.42 Å². The van der Waals surface area contributed by atoms with Crippen molar-refractivity contribution in [2.24, 2.45) is 10.8 Å². The van der Waals surface area contributed by atoms with Gasteiger partial charge in [-0.3, -0.25) is 4.57 Å². The van der Waals surface area contributed by atoms with E-state index in [-0.39, 0.29) is 5.41 Å². The number of pyridine rings is 1. The van der Waals surface area contributed by atoms with Crippen molar-refractivity contribution in [3.63, 3.8) is 0 Å². The molecule has 7 rings (SSSR count). The van der Waals surface area contributed by atoms with Gasteiger partial charge in [-0.2, -0.15) is 5.10 Å². The second-order valence-electron chi connectivity index (χ2n) is 17.3. The molecule has 1 atom stereocenters. The summed E-state index contributed by atoms with van der Waals surface area (Å²) in [5.74, 6) is 2.94. The SMILES string of the molecule is Cc1nn(-c2cccc(Oc3ccc4c5cc(C(C)CCCC(C)(C)C)ccc5n(-c5cc(CC(C)(C)C)ccn5)c4c3)c2)c(C)c1-c1ccccc1. The van der Waals surface area contributed by atoms with Crippen molar-refractivity contribution in [2.75, 3.05) is 0 Å². The molecule has 5 heteroatoms. The predicted molar refractivity (Wildman–Crippen MR) is 222 cm³/mol. The van der Waals surface area contributed by atoms with E-state index in [9.17, 15) is 0 Å². The van der Waals surface area contributed by atoms with Crippen molar-refractivity contribution in [3.8, 4) is 34.1 Å². The Hall–Kier alpha value is -5.16. The second-order valence-corrected chi connectivity index (χ2v) is 17.3. The van der Waals surface area contributed by atoms with Crippen LogP contribution in [-0.4, -0.2) is 19.3 Å². The fourth-order valence-electron chi connectivity index (χ4n) is 7.78. The molecule has 0 aliphatic carbocycles. The Kier molecular flexibility index (Phi) is 9.80. The van der Waals surface area contributed by atoms with Crippen LogP contribution in [0.15, 0.2) is 109 Å². The van der Waals surface area contributed by atoms with E-state index in [2.05, 4.69) is 152 Å². The van der Waals surface area contributed by atoms with Crippen molar-refractivity contribution in [2.45, 2.75) is 93.9 Å². The van der Waals surface area contributed by atoms with Gasteiger partial charge in [0.1, 0.15) is 17.3 Å². The first-order valence-corrected chi connectivity index (χ1v) is 19.2. The second kappa shape index (κ2) is 14.3. The summed E-state index contributed by atoms with van der Waals surface area (Å²) >= 11 is 0. The van der Waals surface area contributed by atoms with Gasteiger partial charge in [0.15, 0.2) is 0 Å². The Morgan fingerprint density at radius 2 is 1.49 bits per heavy atom. The van der Waals surface area contributed by atoms with Gasteiger partial charge < -0.3 is 4.74 Å². The van der Waals surface area contributed by atoms with Crippen molar-refractivity contribution in [3.05, 3.63) is 132 Å². The van der Waals surface area contributed by atoms with E-state index >= 15 is 0 Å². The molecule has 0 N–H and O–H groups in total. The summed E-state index contributed by atoms with van der Waals surface area (Å²) in [5.41, 5.74) is 10.8. The van der Waals surface area contributed by atoms with Crippen LogP contribution >= 0.6 is 0 Å². The average molecular weight is 703 g/mol. The van der Waals surface area contributed by atoms with Crippen LogP contribution in [0.1, 0.15) is 96.2 Å². The van der Waals surface area contributed by atoms with E-state index < -0.39 is 0 Å². The molecular weight excluding hydrogens is 649 g/mol. The van der Waals surface area contributed by atoms with Gasteiger partial charge >= 0.3 is 0 Å². The topological polar surface area (TPSA) is 44.9 Å². The van der Waals surface area contributed by atoms with E-state index in [4.69, 9.17) is 14.8 Å². The summed E-state index contributed by atoms with van der Waals surface area (Å²) in [6.07, 6.45) is 6.57. The number of aryl methyl sites for hydroxylation is 1. The van der Waals surface area contributed by atoms with Gasteiger partial charge in [0.2, 0.25) is 0 Å². The molecule has 4 aromatic carbocycles. The minimum absolute atomic E-state index is 0.170. The molecule has 1 unspecified atom stereocenters. The lowest BCUT2D eigenvalue weighted by Crippen LogP contribution is -2.10. The van der Waals surface area contributed by atoms with E-state index in [1.807, 2.05) is 29.1 Å². The average Bonchev–Trinajstić information content (AvgIpc) is 3.59. The van der Waals surface area contributed by atoms with Gasteiger partial charge in [-0.25, -0.2) is 9.67 Å². The highest BCUT2D eigenvalue weighted by Crippen LogP contribution is 2.38. The maximum Gasteiger partial charge on any atom is 0.137 e. The Morgan fingerprint density at radius 1 is 0.717 bits per heavy atom. The molecule has 0 aliphatic heterocycles. The molecule has 0 spiro atoms. The summed E-state index contributed by atoms with van der Waals surface area (Å²) in [4.78, 5) is 4.94. The molecular formula is C48H54N4O. The number of rotatable bonds is 10. The normalized spacial score (nSPS) is 12.8. The Labute approximate surface area is 315 Å². The molecule has 272 valence electrons. The quantitative estimate of drug-likeness (QED) is 0.142. The van der Waals surface area contributed by atoms with Gasteiger partial charge in [-0.1, -0.05) is 97.4 Å². The summed E-state index contributed by atoms with van der Waals surface area (Å²) in [7, 11) is 0. The lowest BCUT2D eigenvalue weighted by molar-refractivity contribution is 0.354. The highest BCUT2D eigenvalue weighted by atomic mass is 16.5. The fourth-order valence-corrected chi connectivity index (χ4v) is 7.78. The molecule has 0 radical (unpaired) electrons. The van der Waals surface area contributed by atoms with Gasteiger partial charge in [-0.15, -0.1) is 0 Å². The van der Waals surface area contributed by atoms with Gasteiger partial charge in [-0.05, 0) is 115 Å². The standard InChI is InChI=1S/C48H54N4O/c1-32(15-14-25-47(4,5)6)37-20-23-43-42(28-37)41-22-21-40(30-44(41)51(43)45-27-35(24-26-49-45)31-48(7,8)9)53-39-19-13-18-38(29-39)52-34(3)46(33(2)50-52)36-16-11-10-12-17-36/h10-13,16-24,26-30,32H,14-15,25,31H2,1-9H3. The molecule has 0 fully saturated rings. The molecule has 0 saturated heterocycles. The number of hydrogen-bond donors (Lipinski definition) is 0. The molecule has 7 aromatic rings. The first kappa shape index (κ1) is 36.2. The molecule has 3 aromatic heterocycles. The number of aromatic nitrogens is 4. The van der Waals surface area contributed by atoms with E-state index in [0.717, 1.165) is 57.4 Å². The van der Waals surface area contributed by atoms with Crippen molar-refractivity contribution < 1.29 is 4.74 Å². The zero-order valence-electron chi connectivity index (χ0n) is 33.0. The molecule has 53 heavy (non-hydrogen) atoms. The summed E-state index contributed by atoms with van der Waals surface area (Å²) in [5, 5.41) is 7.39. The maximum atomic E-state index is 6.65. The number of benzene rings is 4. The Bertz CT molecular complexity index is 2380. The lowest BCUT2D eigenvalue weighted by Gasteiger charge is -2.19. The minimum Gasteiger partial charge on any atom is -0.457 e. The summed E-state index contributed by atoms with van der Waals surface area (Å²) in [6.45, 7) is 20.4. The zero-order valence-corrected chi connectivity index (χ0v) is 33.0. The minimum atomic E-state index is 0.170. The first-order valence-electron chi connectivity index (χ1n) is 19.2.